The molecule has 1 aromatic rings. The summed E-state index contributed by atoms with van der Waals surface area (Å²) in [6, 6.07) is 6.74. The Hall–Kier alpha value is -1.82. The molecule has 1 aromatic carbocycles. The molecule has 0 unspecified atom stereocenters. The summed E-state index contributed by atoms with van der Waals surface area (Å²) in [5, 5.41) is 3.05. The molecular formula is C11H8F3N3. The number of alkyl halides is 3. The van der Waals surface area contributed by atoms with Gasteiger partial charge in [-0.05, 0) is 5.56 Å². The molecule has 88 valence electrons. The highest BCUT2D eigenvalue weighted by Crippen LogP contribution is 2.25. The Balaban J connectivity index is 2.21. The van der Waals surface area contributed by atoms with Gasteiger partial charge in [0.1, 0.15) is 5.70 Å². The van der Waals surface area contributed by atoms with Gasteiger partial charge >= 0.3 is 6.18 Å². The lowest BCUT2D eigenvalue weighted by atomic mass is 10.1. The molecule has 0 spiro atoms. The van der Waals surface area contributed by atoms with Crippen LogP contribution in [0.1, 0.15) is 11.1 Å². The van der Waals surface area contributed by atoms with Crippen LogP contribution in [0.4, 0.5) is 13.2 Å². The summed E-state index contributed by atoms with van der Waals surface area (Å²) in [4.78, 5) is 0. The monoisotopic (exact) mass is 239 g/mol. The van der Waals surface area contributed by atoms with Crippen molar-refractivity contribution in [3.8, 4) is 0 Å². The van der Waals surface area contributed by atoms with Crippen LogP contribution < -0.4 is 11.2 Å². The highest BCUT2D eigenvalue weighted by molar-refractivity contribution is 6.02. The maximum Gasteiger partial charge on any atom is 0.435 e. The minimum atomic E-state index is -4.51. The summed E-state index contributed by atoms with van der Waals surface area (Å²) >= 11 is 0. The zero-order valence-corrected chi connectivity index (χ0v) is 8.62. The molecule has 0 aromatic heterocycles. The number of nitrogens with zero attached hydrogens (tertiary/aromatic N) is 2. The van der Waals surface area contributed by atoms with Gasteiger partial charge in [-0.3, -0.25) is 0 Å². The maximum atomic E-state index is 12.3. The van der Waals surface area contributed by atoms with Gasteiger partial charge in [-0.15, -0.1) is 10.5 Å². The number of hydrogen-bond donors (Lipinski definition) is 1. The number of benzene rings is 1. The van der Waals surface area contributed by atoms with Gasteiger partial charge in [0.05, 0.1) is 0 Å². The third kappa shape index (κ3) is 2.47. The second-order valence-electron chi connectivity index (χ2n) is 3.42. The number of halogens is 3. The van der Waals surface area contributed by atoms with Crippen molar-refractivity contribution in [2.24, 2.45) is 10.8 Å². The Morgan fingerprint density at radius 3 is 2.29 bits per heavy atom. The second kappa shape index (κ2) is 4.21. The number of allylic oxidation sites excluding steroid dienone is 1. The third-order valence-electron chi connectivity index (χ3n) is 2.22. The van der Waals surface area contributed by atoms with Gasteiger partial charge in [-0.25, -0.2) is 0 Å². The molecule has 0 bridgehead atoms. The first-order valence-corrected chi connectivity index (χ1v) is 4.80. The van der Waals surface area contributed by atoms with Crippen LogP contribution in [0.2, 0.25) is 0 Å². The van der Waals surface area contributed by atoms with E-state index in [0.29, 0.717) is 12.1 Å². The first kappa shape index (κ1) is 11.7. The standard InChI is InChI=1S/C11H8F3N3/c12-11(13,14)10-5-9(16-17-10)8-3-1-7(6-15)2-4-8/h1-4H,6,15H2. The van der Waals surface area contributed by atoms with Gasteiger partial charge in [0.2, 0.25) is 0 Å². The van der Waals surface area contributed by atoms with Gasteiger partial charge in [0, 0.05) is 18.2 Å². The van der Waals surface area contributed by atoms with E-state index in [2.05, 4.69) is 16.6 Å². The maximum absolute atomic E-state index is 12.3. The van der Waals surface area contributed by atoms with Crippen molar-refractivity contribution in [2.75, 3.05) is 0 Å². The average Bonchev–Trinajstić information content (AvgIpc) is 2.78. The summed E-state index contributed by atoms with van der Waals surface area (Å²) in [5.74, 6) is 0. The molecule has 2 N–H and O–H groups in total. The van der Waals surface area contributed by atoms with E-state index in [4.69, 9.17) is 5.73 Å². The van der Waals surface area contributed by atoms with Crippen LogP contribution in [0.15, 0.2) is 29.4 Å². The number of hydrogen-bond acceptors (Lipinski definition) is 2. The highest BCUT2D eigenvalue weighted by Gasteiger charge is 2.37. The van der Waals surface area contributed by atoms with Crippen molar-refractivity contribution in [2.45, 2.75) is 12.7 Å². The van der Waals surface area contributed by atoms with E-state index in [0.717, 1.165) is 5.56 Å². The molecule has 0 amide bonds. The fraction of sp³-hybridized carbons (Fsp3) is 0.182. The van der Waals surface area contributed by atoms with Crippen LogP contribution in [0.5, 0.6) is 0 Å². The SMILES string of the molecule is NCc1ccc(C2=[C]C(C(F)(F)F)=N[N]2)cc1. The molecule has 2 radical (unpaired) electrons. The average molecular weight is 239 g/mol. The Labute approximate surface area is 95.8 Å². The van der Waals surface area contributed by atoms with Crippen molar-refractivity contribution in [1.29, 1.82) is 0 Å². The normalized spacial score (nSPS) is 15.3. The van der Waals surface area contributed by atoms with Crippen molar-refractivity contribution in [3.63, 3.8) is 0 Å². The molecule has 17 heavy (non-hydrogen) atoms. The fourth-order valence-electron chi connectivity index (χ4n) is 1.32. The van der Waals surface area contributed by atoms with Gasteiger partial charge in [0.25, 0.3) is 0 Å². The van der Waals surface area contributed by atoms with Crippen LogP contribution in [0, 0.1) is 6.08 Å². The highest BCUT2D eigenvalue weighted by atomic mass is 19.4. The van der Waals surface area contributed by atoms with Crippen molar-refractivity contribution in [1.82, 2.24) is 5.43 Å². The van der Waals surface area contributed by atoms with Crippen molar-refractivity contribution < 1.29 is 13.2 Å². The van der Waals surface area contributed by atoms with Gasteiger partial charge in [-0.1, -0.05) is 24.3 Å². The number of nitrogens with two attached hydrogens (primary N) is 1. The van der Waals surface area contributed by atoms with Crippen LogP contribution in [-0.4, -0.2) is 11.9 Å². The molecule has 0 fully saturated rings. The zero-order valence-electron chi connectivity index (χ0n) is 8.62. The lowest BCUT2D eigenvalue weighted by Crippen LogP contribution is -2.19. The fourth-order valence-corrected chi connectivity index (χ4v) is 1.32. The molecule has 3 nitrogen and oxygen atoms in total. The molecule has 1 aliphatic heterocycles. The molecule has 6 heteroatoms. The Morgan fingerprint density at radius 2 is 1.82 bits per heavy atom. The molecule has 1 heterocycles. The summed E-state index contributed by atoms with van der Waals surface area (Å²) in [6.45, 7) is 0.379. The van der Waals surface area contributed by atoms with E-state index in [1.165, 1.54) is 0 Å². The Kier molecular flexibility index (Phi) is 2.89. The van der Waals surface area contributed by atoms with Gasteiger partial charge in [0.15, 0.2) is 5.71 Å². The van der Waals surface area contributed by atoms with Crippen LogP contribution in [0.3, 0.4) is 0 Å². The van der Waals surface area contributed by atoms with E-state index in [-0.39, 0.29) is 5.70 Å². The predicted molar refractivity (Wildman–Crippen MR) is 56.6 cm³/mol. The van der Waals surface area contributed by atoms with Crippen LogP contribution in [-0.2, 0) is 6.54 Å². The summed E-state index contributed by atoms with van der Waals surface area (Å²) in [5.41, 5.74) is 9.27. The molecule has 0 atom stereocenters. The third-order valence-corrected chi connectivity index (χ3v) is 2.22. The van der Waals surface area contributed by atoms with Crippen molar-refractivity contribution in [3.05, 3.63) is 41.5 Å². The molecule has 2 rings (SSSR count). The topological polar surface area (TPSA) is 52.5 Å². The van der Waals surface area contributed by atoms with E-state index in [1.807, 2.05) is 0 Å². The first-order chi connectivity index (χ1) is 8.00. The molecule has 0 saturated heterocycles. The molecule has 1 aliphatic rings. The van der Waals surface area contributed by atoms with Crippen LogP contribution in [0.25, 0.3) is 5.70 Å². The van der Waals surface area contributed by atoms with E-state index >= 15 is 0 Å². The number of rotatable bonds is 2. The summed E-state index contributed by atoms with van der Waals surface area (Å²) in [6.07, 6.45) is -2.38. The van der Waals surface area contributed by atoms with Crippen LogP contribution >= 0.6 is 0 Å². The summed E-state index contributed by atoms with van der Waals surface area (Å²) < 4.78 is 36.9. The van der Waals surface area contributed by atoms with E-state index in [1.54, 1.807) is 24.3 Å². The van der Waals surface area contributed by atoms with Gasteiger partial charge in [-0.2, -0.15) is 13.2 Å². The van der Waals surface area contributed by atoms with Crippen molar-refractivity contribution >= 4 is 11.4 Å². The lowest BCUT2D eigenvalue weighted by molar-refractivity contribution is -0.0581. The minimum Gasteiger partial charge on any atom is -0.326 e. The molecule has 0 aliphatic carbocycles. The first-order valence-electron chi connectivity index (χ1n) is 4.80. The van der Waals surface area contributed by atoms with Gasteiger partial charge < -0.3 is 5.73 Å². The van der Waals surface area contributed by atoms with E-state index in [9.17, 15) is 13.2 Å². The molecule has 0 saturated carbocycles. The Bertz CT molecular complexity index is 472. The quantitative estimate of drug-likeness (QED) is 0.840. The zero-order chi connectivity index (χ0) is 12.5. The largest absolute Gasteiger partial charge is 0.435 e. The Morgan fingerprint density at radius 1 is 1.18 bits per heavy atom. The molecular weight excluding hydrogens is 231 g/mol. The van der Waals surface area contributed by atoms with E-state index < -0.39 is 11.9 Å². The predicted octanol–water partition coefficient (Wildman–Crippen LogP) is 1.83. The second-order valence-corrected chi connectivity index (χ2v) is 3.42. The minimum absolute atomic E-state index is 0.0842. The summed E-state index contributed by atoms with van der Waals surface area (Å²) in [7, 11) is 0. The smallest absolute Gasteiger partial charge is 0.326 e. The lowest BCUT2D eigenvalue weighted by Gasteiger charge is -2.01.